The van der Waals surface area contributed by atoms with Crippen LogP contribution in [0.1, 0.15) is 26.7 Å². The number of methoxy groups -OCH3 is 1. The molecule has 1 aromatic carbocycles. The van der Waals surface area contributed by atoms with E-state index in [-0.39, 0.29) is 17.8 Å². The summed E-state index contributed by atoms with van der Waals surface area (Å²) in [5.41, 5.74) is 0.394. The summed E-state index contributed by atoms with van der Waals surface area (Å²) >= 11 is 0. The molecule has 0 aliphatic carbocycles. The number of hydrogen-bond donors (Lipinski definition) is 0. The largest absolute Gasteiger partial charge is 0.497 e. The number of anilines is 1. The summed E-state index contributed by atoms with van der Waals surface area (Å²) in [5, 5.41) is 0. The molecule has 9 heteroatoms. The molecule has 2 rings (SSSR count). The van der Waals surface area contributed by atoms with Gasteiger partial charge in [-0.3, -0.25) is 13.9 Å². The van der Waals surface area contributed by atoms with Gasteiger partial charge in [0.25, 0.3) is 0 Å². The SMILES string of the molecule is CCOC(=O)C1CCN(C(=O)[C@@H](C)N(c2ccc(OC)cc2)S(C)(=O)=O)CC1. The van der Waals surface area contributed by atoms with Crippen LogP contribution in [0.4, 0.5) is 5.69 Å². The smallest absolute Gasteiger partial charge is 0.309 e. The number of carbonyl (C=O) groups excluding carboxylic acids is 2. The molecule has 0 saturated carbocycles. The number of likely N-dealkylation sites (tertiary alicyclic amines) is 1. The summed E-state index contributed by atoms with van der Waals surface area (Å²) < 4.78 is 36.0. The minimum absolute atomic E-state index is 0.216. The fourth-order valence-electron chi connectivity index (χ4n) is 3.39. The lowest BCUT2D eigenvalue weighted by Gasteiger charge is -2.36. The molecule has 1 heterocycles. The van der Waals surface area contributed by atoms with Gasteiger partial charge >= 0.3 is 5.97 Å². The Balaban J connectivity index is 2.13. The summed E-state index contributed by atoms with van der Waals surface area (Å²) in [6.45, 7) is 4.46. The lowest BCUT2D eigenvalue weighted by molar-refractivity contribution is -0.151. The minimum atomic E-state index is -3.68. The number of hydrogen-bond acceptors (Lipinski definition) is 6. The third-order valence-electron chi connectivity index (χ3n) is 4.82. The van der Waals surface area contributed by atoms with E-state index in [4.69, 9.17) is 9.47 Å². The molecular formula is C19H28N2O6S. The summed E-state index contributed by atoms with van der Waals surface area (Å²) in [6, 6.07) is 5.61. The molecule has 8 nitrogen and oxygen atoms in total. The minimum Gasteiger partial charge on any atom is -0.497 e. The zero-order valence-electron chi connectivity index (χ0n) is 16.8. The van der Waals surface area contributed by atoms with Gasteiger partial charge in [-0.05, 0) is 51.0 Å². The molecule has 1 aromatic rings. The van der Waals surface area contributed by atoms with Crippen LogP contribution in [-0.4, -0.2) is 64.3 Å². The van der Waals surface area contributed by atoms with Gasteiger partial charge < -0.3 is 14.4 Å². The van der Waals surface area contributed by atoms with Crippen LogP contribution < -0.4 is 9.04 Å². The topological polar surface area (TPSA) is 93.2 Å². The molecule has 28 heavy (non-hydrogen) atoms. The molecule has 0 bridgehead atoms. The Bertz CT molecular complexity index is 785. The molecule has 0 unspecified atom stereocenters. The predicted molar refractivity (Wildman–Crippen MR) is 106 cm³/mol. The fourth-order valence-corrected chi connectivity index (χ4v) is 4.56. The third-order valence-corrected chi connectivity index (χ3v) is 6.06. The van der Waals surface area contributed by atoms with Crippen LogP contribution in [0.2, 0.25) is 0 Å². The van der Waals surface area contributed by atoms with Gasteiger partial charge in [0.2, 0.25) is 15.9 Å². The molecule has 1 atom stereocenters. The van der Waals surface area contributed by atoms with Gasteiger partial charge in [-0.15, -0.1) is 0 Å². The first kappa shape index (κ1) is 22.0. The molecule has 1 saturated heterocycles. The van der Waals surface area contributed by atoms with Crippen molar-refractivity contribution in [1.82, 2.24) is 4.90 Å². The van der Waals surface area contributed by atoms with Gasteiger partial charge in [-0.25, -0.2) is 8.42 Å². The van der Waals surface area contributed by atoms with Crippen LogP contribution in [0.3, 0.4) is 0 Å². The van der Waals surface area contributed by atoms with Gasteiger partial charge in [0, 0.05) is 13.1 Å². The van der Waals surface area contributed by atoms with E-state index < -0.39 is 16.1 Å². The first-order chi connectivity index (χ1) is 13.2. The van der Waals surface area contributed by atoms with Gasteiger partial charge in [-0.2, -0.15) is 0 Å². The zero-order valence-corrected chi connectivity index (χ0v) is 17.6. The number of nitrogens with zero attached hydrogens (tertiary/aromatic N) is 2. The highest BCUT2D eigenvalue weighted by Gasteiger charge is 2.35. The maximum Gasteiger partial charge on any atom is 0.309 e. The highest BCUT2D eigenvalue weighted by atomic mass is 32.2. The van der Waals surface area contributed by atoms with E-state index in [0.29, 0.717) is 44.0 Å². The number of ether oxygens (including phenoxy) is 2. The van der Waals surface area contributed by atoms with Crippen LogP contribution in [0.25, 0.3) is 0 Å². The molecular weight excluding hydrogens is 384 g/mol. The number of piperidine rings is 1. The van der Waals surface area contributed by atoms with Crippen molar-refractivity contribution >= 4 is 27.6 Å². The first-order valence-corrected chi connectivity index (χ1v) is 11.1. The van der Waals surface area contributed by atoms with E-state index in [0.717, 1.165) is 10.6 Å². The highest BCUT2D eigenvalue weighted by molar-refractivity contribution is 7.92. The normalized spacial score (nSPS) is 16.4. The summed E-state index contributed by atoms with van der Waals surface area (Å²) in [5.74, 6) is -0.147. The number of sulfonamides is 1. The van der Waals surface area contributed by atoms with Crippen LogP contribution >= 0.6 is 0 Å². The zero-order chi connectivity index (χ0) is 20.9. The van der Waals surface area contributed by atoms with E-state index in [2.05, 4.69) is 0 Å². The van der Waals surface area contributed by atoms with Crippen molar-refractivity contribution in [2.45, 2.75) is 32.7 Å². The fraction of sp³-hybridized carbons (Fsp3) is 0.579. The molecule has 0 aromatic heterocycles. The van der Waals surface area contributed by atoms with Crippen molar-refractivity contribution in [3.63, 3.8) is 0 Å². The average Bonchev–Trinajstić information content (AvgIpc) is 2.67. The molecule has 0 radical (unpaired) electrons. The third kappa shape index (κ3) is 5.15. The molecule has 0 N–H and O–H groups in total. The molecule has 156 valence electrons. The second kappa shape index (κ2) is 9.27. The van der Waals surface area contributed by atoms with E-state index in [1.807, 2.05) is 0 Å². The number of amides is 1. The Morgan fingerprint density at radius 2 is 1.79 bits per heavy atom. The highest BCUT2D eigenvalue weighted by Crippen LogP contribution is 2.26. The van der Waals surface area contributed by atoms with Crippen molar-refractivity contribution in [2.75, 3.05) is 37.4 Å². The van der Waals surface area contributed by atoms with Gasteiger partial charge in [0.15, 0.2) is 0 Å². The number of esters is 1. The van der Waals surface area contributed by atoms with Gasteiger partial charge in [0.05, 0.1) is 31.6 Å². The second-order valence-electron chi connectivity index (χ2n) is 6.78. The van der Waals surface area contributed by atoms with Gasteiger partial charge in [0.1, 0.15) is 11.8 Å². The van der Waals surface area contributed by atoms with Crippen molar-refractivity contribution in [3.05, 3.63) is 24.3 Å². The lowest BCUT2D eigenvalue weighted by atomic mass is 9.96. The van der Waals surface area contributed by atoms with Crippen LogP contribution in [-0.2, 0) is 24.3 Å². The van der Waals surface area contributed by atoms with Crippen molar-refractivity contribution in [2.24, 2.45) is 5.92 Å². The number of rotatable bonds is 7. The summed E-state index contributed by atoms with van der Waals surface area (Å²) in [6.07, 6.45) is 2.10. The van der Waals surface area contributed by atoms with Crippen molar-refractivity contribution in [1.29, 1.82) is 0 Å². The Kier molecular flexibility index (Phi) is 7.29. The maximum atomic E-state index is 13.0. The Hall–Kier alpha value is -2.29. The molecule has 1 aliphatic rings. The Morgan fingerprint density at radius 3 is 2.25 bits per heavy atom. The first-order valence-electron chi connectivity index (χ1n) is 9.28. The van der Waals surface area contributed by atoms with Crippen molar-refractivity contribution in [3.8, 4) is 5.75 Å². The van der Waals surface area contributed by atoms with E-state index in [9.17, 15) is 18.0 Å². The standard InChI is InChI=1S/C19H28N2O6S/c1-5-27-19(23)15-10-12-20(13-11-15)18(22)14(2)21(28(4,24)25)16-6-8-17(26-3)9-7-16/h6-9,14-15H,5,10-13H2,1-4H3/t14-/m1/s1. The van der Waals surface area contributed by atoms with E-state index >= 15 is 0 Å². The van der Waals surface area contributed by atoms with Gasteiger partial charge in [-0.1, -0.05) is 0 Å². The monoisotopic (exact) mass is 412 g/mol. The Labute approximate surface area is 166 Å². The van der Waals surface area contributed by atoms with E-state index in [1.54, 1.807) is 43.0 Å². The Morgan fingerprint density at radius 1 is 1.21 bits per heavy atom. The number of carbonyl (C=O) groups is 2. The van der Waals surface area contributed by atoms with E-state index in [1.165, 1.54) is 7.11 Å². The predicted octanol–water partition coefficient (Wildman–Crippen LogP) is 1.65. The van der Waals surface area contributed by atoms with Crippen LogP contribution in [0.5, 0.6) is 5.75 Å². The van der Waals surface area contributed by atoms with Crippen LogP contribution in [0, 0.1) is 5.92 Å². The molecule has 0 spiro atoms. The quantitative estimate of drug-likeness (QED) is 0.632. The molecule has 1 fully saturated rings. The average molecular weight is 413 g/mol. The molecule has 1 amide bonds. The number of benzene rings is 1. The maximum absolute atomic E-state index is 13.0. The van der Waals surface area contributed by atoms with Crippen LogP contribution in [0.15, 0.2) is 24.3 Å². The van der Waals surface area contributed by atoms with Crippen molar-refractivity contribution < 1.29 is 27.5 Å². The second-order valence-corrected chi connectivity index (χ2v) is 8.64. The molecule has 1 aliphatic heterocycles. The summed E-state index contributed by atoms with van der Waals surface area (Å²) in [7, 11) is -2.16. The lowest BCUT2D eigenvalue weighted by Crippen LogP contribution is -2.51. The summed E-state index contributed by atoms with van der Waals surface area (Å²) in [4.78, 5) is 26.4.